The second-order valence-corrected chi connectivity index (χ2v) is 5.87. The van der Waals surface area contributed by atoms with E-state index in [1.165, 1.54) is 0 Å². The Bertz CT molecular complexity index is 570. The number of aliphatic hydroxyl groups excluding tert-OH is 1. The fourth-order valence-corrected chi connectivity index (χ4v) is 2.77. The van der Waals surface area contributed by atoms with Crippen LogP contribution in [-0.4, -0.2) is 39.4 Å². The van der Waals surface area contributed by atoms with Crippen LogP contribution in [-0.2, 0) is 6.54 Å². The summed E-state index contributed by atoms with van der Waals surface area (Å²) >= 11 is 3.40. The van der Waals surface area contributed by atoms with E-state index in [-0.39, 0.29) is 12.6 Å². The van der Waals surface area contributed by atoms with E-state index in [1.54, 1.807) is 0 Å². The molecule has 106 valence electrons. The number of hydrogen-bond acceptors (Lipinski definition) is 5. The summed E-state index contributed by atoms with van der Waals surface area (Å²) in [5, 5.41) is 17.5. The Balaban J connectivity index is 1.72. The Morgan fingerprint density at radius 3 is 2.85 bits per heavy atom. The van der Waals surface area contributed by atoms with Crippen LogP contribution in [0.4, 0.5) is 0 Å². The molecule has 0 saturated carbocycles. The molecule has 6 heteroatoms. The van der Waals surface area contributed by atoms with Crippen molar-refractivity contribution in [3.05, 3.63) is 34.6 Å². The summed E-state index contributed by atoms with van der Waals surface area (Å²) in [4.78, 5) is 2.19. The highest BCUT2D eigenvalue weighted by Crippen LogP contribution is 2.23. The molecule has 2 heterocycles. The molecule has 1 aromatic carbocycles. The molecule has 0 bridgehead atoms. The zero-order valence-corrected chi connectivity index (χ0v) is 12.6. The maximum Gasteiger partial charge on any atom is 0.247 e. The lowest BCUT2D eigenvalue weighted by Gasteiger charge is -2.20. The number of likely N-dealkylation sites (tertiary alicyclic amines) is 1. The third kappa shape index (κ3) is 2.92. The van der Waals surface area contributed by atoms with Gasteiger partial charge in [-0.25, -0.2) is 0 Å². The van der Waals surface area contributed by atoms with Crippen LogP contribution in [0.2, 0.25) is 0 Å². The van der Waals surface area contributed by atoms with Gasteiger partial charge in [-0.1, -0.05) is 15.9 Å². The average Bonchev–Trinajstić information content (AvgIpc) is 3.09. The van der Waals surface area contributed by atoms with Crippen LogP contribution in [0.3, 0.4) is 0 Å². The molecule has 0 spiro atoms. The van der Waals surface area contributed by atoms with E-state index in [0.29, 0.717) is 18.3 Å². The summed E-state index contributed by atoms with van der Waals surface area (Å²) in [5.41, 5.74) is 0.909. The fraction of sp³-hybridized carbons (Fsp3) is 0.429. The number of halogens is 1. The third-order valence-corrected chi connectivity index (χ3v) is 4.13. The summed E-state index contributed by atoms with van der Waals surface area (Å²) in [6, 6.07) is 7.99. The van der Waals surface area contributed by atoms with Crippen molar-refractivity contribution in [3.63, 3.8) is 0 Å². The standard InChI is InChI=1S/C14H16BrN3O2/c15-11-5-3-10(4-6-11)14-17-16-13(20-14)8-18-7-1-2-12(18)9-19/h3-6,12,19H,1-2,7-9H2/t12-/m0/s1. The van der Waals surface area contributed by atoms with Gasteiger partial charge >= 0.3 is 0 Å². The highest BCUT2D eigenvalue weighted by atomic mass is 79.9. The van der Waals surface area contributed by atoms with Gasteiger partial charge in [0, 0.05) is 16.1 Å². The first kappa shape index (κ1) is 13.7. The van der Waals surface area contributed by atoms with Gasteiger partial charge in [0.05, 0.1) is 13.2 Å². The minimum absolute atomic E-state index is 0.188. The third-order valence-electron chi connectivity index (χ3n) is 3.61. The predicted octanol–water partition coefficient (Wildman–Crippen LogP) is 2.46. The van der Waals surface area contributed by atoms with Gasteiger partial charge in [-0.2, -0.15) is 0 Å². The molecule has 2 aromatic rings. The predicted molar refractivity (Wildman–Crippen MR) is 78.0 cm³/mol. The van der Waals surface area contributed by atoms with Crippen molar-refractivity contribution in [1.82, 2.24) is 15.1 Å². The van der Waals surface area contributed by atoms with Crippen molar-refractivity contribution in [2.45, 2.75) is 25.4 Å². The minimum atomic E-state index is 0.188. The van der Waals surface area contributed by atoms with Crippen LogP contribution in [0.25, 0.3) is 11.5 Å². The molecule has 20 heavy (non-hydrogen) atoms. The Morgan fingerprint density at radius 1 is 1.30 bits per heavy atom. The van der Waals surface area contributed by atoms with Crippen LogP contribution < -0.4 is 0 Å². The van der Waals surface area contributed by atoms with Gasteiger partial charge in [0.15, 0.2) is 0 Å². The maximum atomic E-state index is 9.31. The van der Waals surface area contributed by atoms with E-state index >= 15 is 0 Å². The number of benzene rings is 1. The largest absolute Gasteiger partial charge is 0.419 e. The molecule has 0 amide bonds. The van der Waals surface area contributed by atoms with E-state index in [1.807, 2.05) is 24.3 Å². The lowest BCUT2D eigenvalue weighted by molar-refractivity contribution is 0.144. The number of aromatic nitrogens is 2. The second kappa shape index (κ2) is 6.03. The number of aliphatic hydroxyl groups is 1. The van der Waals surface area contributed by atoms with Gasteiger partial charge in [0.25, 0.3) is 0 Å². The quantitative estimate of drug-likeness (QED) is 0.928. The number of nitrogens with zero attached hydrogens (tertiary/aromatic N) is 3. The first-order chi connectivity index (χ1) is 9.76. The van der Waals surface area contributed by atoms with Gasteiger partial charge in [-0.05, 0) is 43.7 Å². The van der Waals surface area contributed by atoms with E-state index in [4.69, 9.17) is 4.42 Å². The maximum absolute atomic E-state index is 9.31. The van der Waals surface area contributed by atoms with E-state index in [2.05, 4.69) is 31.0 Å². The highest BCUT2D eigenvalue weighted by Gasteiger charge is 2.25. The van der Waals surface area contributed by atoms with Crippen molar-refractivity contribution in [2.24, 2.45) is 0 Å². The molecule has 1 aromatic heterocycles. The van der Waals surface area contributed by atoms with Crippen LogP contribution >= 0.6 is 15.9 Å². The smallest absolute Gasteiger partial charge is 0.247 e. The fourth-order valence-electron chi connectivity index (χ4n) is 2.51. The Labute approximate surface area is 125 Å². The normalized spacial score (nSPS) is 19.6. The van der Waals surface area contributed by atoms with Crippen molar-refractivity contribution in [1.29, 1.82) is 0 Å². The molecule has 5 nitrogen and oxygen atoms in total. The van der Waals surface area contributed by atoms with Crippen LogP contribution in [0.1, 0.15) is 18.7 Å². The Morgan fingerprint density at radius 2 is 2.10 bits per heavy atom. The Hall–Kier alpha value is -1.24. The molecule has 1 atom stereocenters. The first-order valence-electron chi connectivity index (χ1n) is 6.69. The van der Waals surface area contributed by atoms with E-state index < -0.39 is 0 Å². The molecule has 1 saturated heterocycles. The summed E-state index contributed by atoms with van der Waals surface area (Å²) in [6.07, 6.45) is 2.14. The lowest BCUT2D eigenvalue weighted by Crippen LogP contribution is -2.31. The summed E-state index contributed by atoms with van der Waals surface area (Å²) in [6.45, 7) is 1.77. The van der Waals surface area contributed by atoms with Crippen molar-refractivity contribution >= 4 is 15.9 Å². The summed E-state index contributed by atoms with van der Waals surface area (Å²) in [5.74, 6) is 1.13. The van der Waals surface area contributed by atoms with Gasteiger partial charge < -0.3 is 9.52 Å². The lowest BCUT2D eigenvalue weighted by atomic mass is 10.2. The molecule has 1 aliphatic heterocycles. The van der Waals surface area contributed by atoms with Gasteiger partial charge in [-0.15, -0.1) is 10.2 Å². The molecule has 1 aliphatic rings. The van der Waals surface area contributed by atoms with Crippen molar-refractivity contribution in [3.8, 4) is 11.5 Å². The molecule has 3 rings (SSSR count). The van der Waals surface area contributed by atoms with Crippen LogP contribution in [0.5, 0.6) is 0 Å². The van der Waals surface area contributed by atoms with Gasteiger partial charge in [0.2, 0.25) is 11.8 Å². The Kier molecular flexibility index (Phi) is 4.14. The average molecular weight is 338 g/mol. The van der Waals surface area contributed by atoms with Gasteiger partial charge in [-0.3, -0.25) is 4.90 Å². The first-order valence-corrected chi connectivity index (χ1v) is 7.49. The van der Waals surface area contributed by atoms with Crippen LogP contribution in [0.15, 0.2) is 33.2 Å². The topological polar surface area (TPSA) is 62.4 Å². The molecule has 0 radical (unpaired) electrons. The molecule has 1 fully saturated rings. The molecular weight excluding hydrogens is 322 g/mol. The molecule has 1 N–H and O–H groups in total. The molecular formula is C14H16BrN3O2. The zero-order valence-electron chi connectivity index (χ0n) is 11.0. The SMILES string of the molecule is OC[C@@H]1CCCN1Cc1nnc(-c2ccc(Br)cc2)o1. The minimum Gasteiger partial charge on any atom is -0.419 e. The zero-order chi connectivity index (χ0) is 13.9. The summed E-state index contributed by atoms with van der Waals surface area (Å²) < 4.78 is 6.72. The van der Waals surface area contributed by atoms with Gasteiger partial charge in [0.1, 0.15) is 0 Å². The van der Waals surface area contributed by atoms with E-state index in [9.17, 15) is 5.11 Å². The van der Waals surface area contributed by atoms with Crippen molar-refractivity contribution in [2.75, 3.05) is 13.2 Å². The van der Waals surface area contributed by atoms with Crippen LogP contribution in [0, 0.1) is 0 Å². The second-order valence-electron chi connectivity index (χ2n) is 4.96. The molecule has 0 unspecified atom stereocenters. The van der Waals surface area contributed by atoms with E-state index in [0.717, 1.165) is 29.4 Å². The summed E-state index contributed by atoms with van der Waals surface area (Å²) in [7, 11) is 0. The number of rotatable bonds is 4. The number of hydrogen-bond donors (Lipinski definition) is 1. The molecule has 0 aliphatic carbocycles. The highest BCUT2D eigenvalue weighted by molar-refractivity contribution is 9.10. The monoisotopic (exact) mass is 337 g/mol. The van der Waals surface area contributed by atoms with Crippen molar-refractivity contribution < 1.29 is 9.52 Å².